The van der Waals surface area contributed by atoms with Crippen molar-refractivity contribution in [3.05, 3.63) is 60.0 Å². The predicted molar refractivity (Wildman–Crippen MR) is 134 cm³/mol. The number of nitrogens with zero attached hydrogens (tertiary/aromatic N) is 1. The zero-order valence-electron chi connectivity index (χ0n) is 16.9. The molecule has 0 spiro atoms. The Hall–Kier alpha value is -1.42. The van der Waals surface area contributed by atoms with Crippen LogP contribution in [0.4, 0.5) is 4.79 Å². The van der Waals surface area contributed by atoms with E-state index in [4.69, 9.17) is 32.7 Å². The molecule has 164 valence electrons. The smallest absolute Gasteiger partial charge is 0.293 e. The van der Waals surface area contributed by atoms with Gasteiger partial charge in [-0.3, -0.25) is 14.5 Å². The molecule has 31 heavy (non-hydrogen) atoms. The van der Waals surface area contributed by atoms with E-state index in [1.807, 2.05) is 26.0 Å². The summed E-state index contributed by atoms with van der Waals surface area (Å²) in [5.74, 6) is 0.880. The molecule has 0 N–H and O–H groups in total. The van der Waals surface area contributed by atoms with Crippen molar-refractivity contribution in [2.24, 2.45) is 0 Å². The van der Waals surface area contributed by atoms with Gasteiger partial charge in [0.2, 0.25) is 0 Å². The number of halogens is 3. The lowest BCUT2D eigenvalue weighted by Gasteiger charge is -2.15. The van der Waals surface area contributed by atoms with E-state index in [2.05, 4.69) is 22.6 Å². The molecule has 3 rings (SSSR count). The SMILES string of the molecule is CCCN1C(=O)S/C(=C/c2cc(I)c(OCc3ccc(Cl)cc3Cl)c(OCC)c2)C1=O. The summed E-state index contributed by atoms with van der Waals surface area (Å²) in [6.07, 6.45) is 2.44. The lowest BCUT2D eigenvalue weighted by atomic mass is 10.1. The molecule has 0 aromatic heterocycles. The summed E-state index contributed by atoms with van der Waals surface area (Å²) >= 11 is 15.3. The van der Waals surface area contributed by atoms with Gasteiger partial charge in [-0.1, -0.05) is 36.2 Å². The van der Waals surface area contributed by atoms with Crippen LogP contribution in [0.15, 0.2) is 35.2 Å². The molecule has 0 bridgehead atoms. The van der Waals surface area contributed by atoms with E-state index in [1.54, 1.807) is 24.3 Å². The second-order valence-corrected chi connectivity index (χ2v) is 9.62. The summed E-state index contributed by atoms with van der Waals surface area (Å²) in [7, 11) is 0. The maximum absolute atomic E-state index is 12.5. The van der Waals surface area contributed by atoms with Crippen LogP contribution in [-0.2, 0) is 11.4 Å². The fourth-order valence-electron chi connectivity index (χ4n) is 2.93. The molecule has 2 aromatic rings. The average molecular weight is 592 g/mol. The summed E-state index contributed by atoms with van der Waals surface area (Å²) in [6, 6.07) is 8.94. The number of carbonyl (C=O) groups excluding carboxylic acids is 2. The van der Waals surface area contributed by atoms with Gasteiger partial charge in [-0.15, -0.1) is 0 Å². The highest BCUT2D eigenvalue weighted by molar-refractivity contribution is 14.1. The number of rotatable bonds is 8. The first-order chi connectivity index (χ1) is 14.8. The molecule has 1 saturated heterocycles. The fraction of sp³-hybridized carbons (Fsp3) is 0.273. The molecule has 0 aliphatic carbocycles. The third-order valence-electron chi connectivity index (χ3n) is 4.34. The Bertz CT molecular complexity index is 1040. The molecule has 2 amide bonds. The summed E-state index contributed by atoms with van der Waals surface area (Å²) in [5.41, 5.74) is 1.56. The van der Waals surface area contributed by atoms with Gasteiger partial charge in [0.25, 0.3) is 11.1 Å². The van der Waals surface area contributed by atoms with Crippen LogP contribution >= 0.6 is 57.6 Å². The van der Waals surface area contributed by atoms with Gasteiger partial charge in [-0.25, -0.2) is 0 Å². The highest BCUT2D eigenvalue weighted by atomic mass is 127. The van der Waals surface area contributed by atoms with E-state index in [0.29, 0.717) is 39.6 Å². The van der Waals surface area contributed by atoms with Gasteiger partial charge >= 0.3 is 0 Å². The van der Waals surface area contributed by atoms with Crippen LogP contribution in [0.5, 0.6) is 11.5 Å². The molecule has 0 atom stereocenters. The van der Waals surface area contributed by atoms with Crippen molar-refractivity contribution >= 4 is 74.8 Å². The van der Waals surface area contributed by atoms with E-state index in [0.717, 1.165) is 32.9 Å². The topological polar surface area (TPSA) is 55.8 Å². The van der Waals surface area contributed by atoms with E-state index >= 15 is 0 Å². The zero-order chi connectivity index (χ0) is 22.5. The maximum atomic E-state index is 12.5. The summed E-state index contributed by atoms with van der Waals surface area (Å²) in [4.78, 5) is 26.3. The number of thioether (sulfide) groups is 1. The van der Waals surface area contributed by atoms with Gasteiger partial charge in [0, 0.05) is 22.2 Å². The molecule has 9 heteroatoms. The minimum absolute atomic E-state index is 0.238. The first-order valence-corrected chi connectivity index (χ1v) is 12.3. The van der Waals surface area contributed by atoms with Gasteiger partial charge in [0.1, 0.15) is 6.61 Å². The molecule has 1 aliphatic rings. The van der Waals surface area contributed by atoms with Crippen LogP contribution in [0, 0.1) is 3.57 Å². The van der Waals surface area contributed by atoms with Gasteiger partial charge in [-0.2, -0.15) is 0 Å². The Labute approximate surface area is 209 Å². The van der Waals surface area contributed by atoms with E-state index < -0.39 is 0 Å². The van der Waals surface area contributed by atoms with Gasteiger partial charge in [-0.05, 0) is 83.6 Å². The number of carbonyl (C=O) groups is 2. The van der Waals surface area contributed by atoms with Crippen LogP contribution < -0.4 is 9.47 Å². The minimum Gasteiger partial charge on any atom is -0.490 e. The highest BCUT2D eigenvalue weighted by Crippen LogP contribution is 2.38. The predicted octanol–water partition coefficient (Wildman–Crippen LogP) is 7.02. The van der Waals surface area contributed by atoms with Crippen molar-refractivity contribution in [3.63, 3.8) is 0 Å². The Morgan fingerprint density at radius 3 is 2.58 bits per heavy atom. The van der Waals surface area contributed by atoms with E-state index in [1.165, 1.54) is 4.90 Å². The number of ether oxygens (including phenoxy) is 2. The van der Waals surface area contributed by atoms with Crippen LogP contribution in [0.3, 0.4) is 0 Å². The summed E-state index contributed by atoms with van der Waals surface area (Å²) in [6.45, 7) is 4.94. The Morgan fingerprint density at radius 1 is 1.13 bits per heavy atom. The van der Waals surface area contributed by atoms with Crippen LogP contribution in [-0.4, -0.2) is 29.2 Å². The number of amides is 2. The zero-order valence-corrected chi connectivity index (χ0v) is 21.4. The molecule has 0 unspecified atom stereocenters. The van der Waals surface area contributed by atoms with Crippen molar-refractivity contribution in [1.82, 2.24) is 4.90 Å². The summed E-state index contributed by atoms with van der Waals surface area (Å²) in [5, 5.41) is 0.851. The quantitative estimate of drug-likeness (QED) is 0.244. The van der Waals surface area contributed by atoms with Crippen molar-refractivity contribution in [1.29, 1.82) is 0 Å². The Balaban J connectivity index is 1.86. The first-order valence-electron chi connectivity index (χ1n) is 9.62. The number of benzene rings is 2. The molecular formula is C22H20Cl2INO4S. The molecule has 1 fully saturated rings. The third kappa shape index (κ3) is 5.88. The lowest BCUT2D eigenvalue weighted by molar-refractivity contribution is -0.122. The molecule has 5 nitrogen and oxygen atoms in total. The second-order valence-electron chi connectivity index (χ2n) is 6.62. The molecule has 0 radical (unpaired) electrons. The standard InChI is InChI=1S/C22H20Cl2INO4S/c1-3-7-26-21(27)19(31-22(26)28)10-13-8-17(25)20(18(9-13)29-4-2)30-12-14-5-6-15(23)11-16(14)24/h5-6,8-11H,3-4,7,12H2,1-2H3/b19-10+. The summed E-state index contributed by atoms with van der Waals surface area (Å²) < 4.78 is 12.6. The minimum atomic E-state index is -0.262. The normalized spacial score (nSPS) is 15.1. The van der Waals surface area contributed by atoms with Gasteiger partial charge < -0.3 is 9.47 Å². The van der Waals surface area contributed by atoms with E-state index in [-0.39, 0.29) is 17.8 Å². The molecule has 1 aliphatic heterocycles. The molecule has 2 aromatic carbocycles. The lowest BCUT2D eigenvalue weighted by Crippen LogP contribution is -2.28. The number of hydrogen-bond donors (Lipinski definition) is 0. The van der Waals surface area contributed by atoms with Gasteiger partial charge in [0.05, 0.1) is 15.1 Å². The van der Waals surface area contributed by atoms with Crippen molar-refractivity contribution in [3.8, 4) is 11.5 Å². The molecular weight excluding hydrogens is 572 g/mol. The Kier molecular flexibility index (Phi) is 8.55. The van der Waals surface area contributed by atoms with Crippen molar-refractivity contribution < 1.29 is 19.1 Å². The maximum Gasteiger partial charge on any atom is 0.293 e. The monoisotopic (exact) mass is 591 g/mol. The fourth-order valence-corrected chi connectivity index (χ4v) is 5.04. The van der Waals surface area contributed by atoms with Crippen LogP contribution in [0.25, 0.3) is 6.08 Å². The van der Waals surface area contributed by atoms with Crippen LogP contribution in [0.1, 0.15) is 31.4 Å². The van der Waals surface area contributed by atoms with Gasteiger partial charge in [0.15, 0.2) is 11.5 Å². The number of imide groups is 1. The third-order valence-corrected chi connectivity index (χ3v) is 6.63. The van der Waals surface area contributed by atoms with Crippen LogP contribution in [0.2, 0.25) is 10.0 Å². The number of hydrogen-bond acceptors (Lipinski definition) is 5. The Morgan fingerprint density at radius 2 is 1.90 bits per heavy atom. The van der Waals surface area contributed by atoms with Crippen molar-refractivity contribution in [2.45, 2.75) is 26.9 Å². The molecule has 0 saturated carbocycles. The van der Waals surface area contributed by atoms with E-state index in [9.17, 15) is 9.59 Å². The molecule has 1 heterocycles. The van der Waals surface area contributed by atoms with Crippen molar-refractivity contribution in [2.75, 3.05) is 13.2 Å². The highest BCUT2D eigenvalue weighted by Gasteiger charge is 2.34. The first kappa shape index (κ1) is 24.2. The largest absolute Gasteiger partial charge is 0.490 e. The average Bonchev–Trinajstić information content (AvgIpc) is 2.96. The second kappa shape index (κ2) is 10.9.